The maximum atomic E-state index is 5.48. The molecule has 1 fully saturated rings. The van der Waals surface area contributed by atoms with Crippen molar-refractivity contribution in [2.75, 3.05) is 6.26 Å². The van der Waals surface area contributed by atoms with Crippen molar-refractivity contribution in [3.8, 4) is 0 Å². The van der Waals surface area contributed by atoms with Gasteiger partial charge in [-0.2, -0.15) is 11.8 Å². The standard InChI is InChI=1S/C8H12N2OS/c1-5-3-6(5)8-10-9-7(11-8)4-12-2/h5-6H,3-4H2,1-2H3. The average Bonchev–Trinajstić information content (AvgIpc) is 2.62. The van der Waals surface area contributed by atoms with Crippen molar-refractivity contribution in [1.29, 1.82) is 0 Å². The normalized spacial score (nSPS) is 27.5. The molecule has 0 N–H and O–H groups in total. The predicted molar refractivity (Wildman–Crippen MR) is 48.0 cm³/mol. The Balaban J connectivity index is 2.04. The van der Waals surface area contributed by atoms with Crippen molar-refractivity contribution < 1.29 is 4.42 Å². The molecule has 12 heavy (non-hydrogen) atoms. The van der Waals surface area contributed by atoms with Gasteiger partial charge >= 0.3 is 0 Å². The number of aromatic nitrogens is 2. The molecule has 0 amide bonds. The summed E-state index contributed by atoms with van der Waals surface area (Å²) in [5.41, 5.74) is 0. The van der Waals surface area contributed by atoms with E-state index < -0.39 is 0 Å². The Kier molecular flexibility index (Phi) is 2.09. The molecule has 3 nitrogen and oxygen atoms in total. The van der Waals surface area contributed by atoms with E-state index in [9.17, 15) is 0 Å². The molecule has 0 saturated heterocycles. The third-order valence-electron chi connectivity index (χ3n) is 2.18. The number of hydrogen-bond donors (Lipinski definition) is 0. The van der Waals surface area contributed by atoms with Crippen molar-refractivity contribution in [3.05, 3.63) is 11.8 Å². The molecule has 1 heterocycles. The van der Waals surface area contributed by atoms with E-state index in [1.165, 1.54) is 6.42 Å². The zero-order valence-electron chi connectivity index (χ0n) is 7.28. The highest BCUT2D eigenvalue weighted by molar-refractivity contribution is 7.97. The number of rotatable bonds is 3. The molecule has 2 unspecified atom stereocenters. The van der Waals surface area contributed by atoms with Crippen molar-refractivity contribution in [1.82, 2.24) is 10.2 Å². The molecule has 1 aliphatic rings. The van der Waals surface area contributed by atoms with Gasteiger partial charge in [0.05, 0.1) is 5.75 Å². The van der Waals surface area contributed by atoms with Crippen LogP contribution in [0.3, 0.4) is 0 Å². The number of nitrogens with zero attached hydrogens (tertiary/aromatic N) is 2. The van der Waals surface area contributed by atoms with Crippen LogP contribution in [0.4, 0.5) is 0 Å². The minimum atomic E-state index is 0.549. The third kappa shape index (κ3) is 1.48. The zero-order chi connectivity index (χ0) is 8.55. The van der Waals surface area contributed by atoms with Crippen molar-refractivity contribution >= 4 is 11.8 Å². The molecule has 2 atom stereocenters. The van der Waals surface area contributed by atoms with Crippen LogP contribution in [-0.2, 0) is 5.75 Å². The first-order valence-corrected chi connectivity index (χ1v) is 5.52. The summed E-state index contributed by atoms with van der Waals surface area (Å²) in [5.74, 6) is 3.72. The molecular weight excluding hydrogens is 172 g/mol. The first kappa shape index (κ1) is 8.10. The van der Waals surface area contributed by atoms with Crippen molar-refractivity contribution in [2.24, 2.45) is 5.92 Å². The number of hydrogen-bond acceptors (Lipinski definition) is 4. The Hall–Kier alpha value is -0.510. The molecule has 1 aromatic rings. The first-order chi connectivity index (χ1) is 5.81. The summed E-state index contributed by atoms with van der Waals surface area (Å²) in [6.07, 6.45) is 3.24. The van der Waals surface area contributed by atoms with Crippen LogP contribution in [0.1, 0.15) is 31.0 Å². The second kappa shape index (κ2) is 3.09. The molecule has 66 valence electrons. The molecule has 0 radical (unpaired) electrons. The van der Waals surface area contributed by atoms with Crippen LogP contribution in [0.25, 0.3) is 0 Å². The predicted octanol–water partition coefficient (Wildman–Crippen LogP) is 2.06. The number of thioether (sulfide) groups is 1. The van der Waals surface area contributed by atoms with Gasteiger partial charge in [0.2, 0.25) is 11.8 Å². The molecule has 0 bridgehead atoms. The lowest BCUT2D eigenvalue weighted by atomic mass is 10.3. The van der Waals surface area contributed by atoms with E-state index in [0.29, 0.717) is 5.92 Å². The van der Waals surface area contributed by atoms with Gasteiger partial charge in [-0.15, -0.1) is 10.2 Å². The topological polar surface area (TPSA) is 38.9 Å². The van der Waals surface area contributed by atoms with Gasteiger partial charge in [0, 0.05) is 5.92 Å². The second-order valence-corrected chi connectivity index (χ2v) is 4.15. The Morgan fingerprint density at radius 2 is 2.33 bits per heavy atom. The molecule has 4 heteroatoms. The van der Waals surface area contributed by atoms with E-state index in [4.69, 9.17) is 4.42 Å². The Bertz CT molecular complexity index is 274. The fraction of sp³-hybridized carbons (Fsp3) is 0.750. The van der Waals surface area contributed by atoms with Crippen LogP contribution in [0, 0.1) is 5.92 Å². The quantitative estimate of drug-likeness (QED) is 0.720. The maximum Gasteiger partial charge on any atom is 0.226 e. The fourth-order valence-corrected chi connectivity index (χ4v) is 1.63. The molecule has 2 rings (SSSR count). The van der Waals surface area contributed by atoms with E-state index in [1.807, 2.05) is 6.26 Å². The van der Waals surface area contributed by atoms with E-state index in [0.717, 1.165) is 23.5 Å². The second-order valence-electron chi connectivity index (χ2n) is 3.29. The van der Waals surface area contributed by atoms with Gasteiger partial charge in [-0.3, -0.25) is 0 Å². The van der Waals surface area contributed by atoms with Crippen molar-refractivity contribution in [2.45, 2.75) is 25.0 Å². The lowest BCUT2D eigenvalue weighted by Crippen LogP contribution is -1.79. The molecule has 0 aromatic carbocycles. The summed E-state index contributed by atoms with van der Waals surface area (Å²) in [7, 11) is 0. The highest BCUT2D eigenvalue weighted by Crippen LogP contribution is 2.46. The van der Waals surface area contributed by atoms with Gasteiger partial charge in [0.25, 0.3) is 0 Å². The molecule has 0 aliphatic heterocycles. The summed E-state index contributed by atoms with van der Waals surface area (Å²) >= 11 is 1.70. The largest absolute Gasteiger partial charge is 0.424 e. The minimum Gasteiger partial charge on any atom is -0.424 e. The van der Waals surface area contributed by atoms with Crippen LogP contribution in [-0.4, -0.2) is 16.5 Å². The van der Waals surface area contributed by atoms with Crippen LogP contribution >= 0.6 is 11.8 Å². The SMILES string of the molecule is CSCc1nnc(C2CC2C)o1. The lowest BCUT2D eigenvalue weighted by molar-refractivity contribution is 0.461. The molecule has 0 spiro atoms. The van der Waals surface area contributed by atoms with Gasteiger partial charge in [-0.05, 0) is 18.6 Å². The van der Waals surface area contributed by atoms with E-state index >= 15 is 0 Å². The Morgan fingerprint density at radius 1 is 1.58 bits per heavy atom. The van der Waals surface area contributed by atoms with Crippen molar-refractivity contribution in [3.63, 3.8) is 0 Å². The van der Waals surface area contributed by atoms with E-state index in [1.54, 1.807) is 11.8 Å². The highest BCUT2D eigenvalue weighted by Gasteiger charge is 2.38. The monoisotopic (exact) mass is 184 g/mol. The lowest BCUT2D eigenvalue weighted by Gasteiger charge is -1.87. The van der Waals surface area contributed by atoms with Gasteiger partial charge in [0.1, 0.15) is 0 Å². The summed E-state index contributed by atoms with van der Waals surface area (Å²) in [6, 6.07) is 0. The summed E-state index contributed by atoms with van der Waals surface area (Å²) in [5, 5.41) is 7.98. The van der Waals surface area contributed by atoms with Gasteiger partial charge in [-0.25, -0.2) is 0 Å². The summed E-state index contributed by atoms with van der Waals surface area (Å²) < 4.78 is 5.48. The van der Waals surface area contributed by atoms with Gasteiger partial charge in [0.15, 0.2) is 0 Å². The van der Waals surface area contributed by atoms with Gasteiger partial charge < -0.3 is 4.42 Å². The average molecular weight is 184 g/mol. The zero-order valence-corrected chi connectivity index (χ0v) is 8.10. The van der Waals surface area contributed by atoms with Crippen LogP contribution in [0.2, 0.25) is 0 Å². The maximum absolute atomic E-state index is 5.48. The van der Waals surface area contributed by atoms with Crippen LogP contribution < -0.4 is 0 Å². The van der Waals surface area contributed by atoms with E-state index in [2.05, 4.69) is 17.1 Å². The molecule has 1 aliphatic carbocycles. The van der Waals surface area contributed by atoms with Gasteiger partial charge in [-0.1, -0.05) is 6.92 Å². The summed E-state index contributed by atoms with van der Waals surface area (Å²) in [6.45, 7) is 2.21. The molecule has 1 aromatic heterocycles. The molecular formula is C8H12N2OS. The molecule has 1 saturated carbocycles. The fourth-order valence-electron chi connectivity index (χ4n) is 1.26. The highest BCUT2D eigenvalue weighted by atomic mass is 32.2. The summed E-state index contributed by atoms with van der Waals surface area (Å²) in [4.78, 5) is 0. The smallest absolute Gasteiger partial charge is 0.226 e. The Labute approximate surface area is 75.9 Å². The first-order valence-electron chi connectivity index (χ1n) is 4.12. The van der Waals surface area contributed by atoms with Crippen LogP contribution in [0.15, 0.2) is 4.42 Å². The Morgan fingerprint density at radius 3 is 2.92 bits per heavy atom. The minimum absolute atomic E-state index is 0.549. The third-order valence-corrected chi connectivity index (χ3v) is 2.71. The van der Waals surface area contributed by atoms with E-state index in [-0.39, 0.29) is 0 Å². The van der Waals surface area contributed by atoms with Crippen LogP contribution in [0.5, 0.6) is 0 Å².